The van der Waals surface area contributed by atoms with Crippen LogP contribution in [0.1, 0.15) is 18.9 Å². The second-order valence-corrected chi connectivity index (χ2v) is 7.23. The molecule has 0 saturated carbocycles. The quantitative estimate of drug-likeness (QED) is 0.625. The van der Waals surface area contributed by atoms with E-state index in [1.165, 1.54) is 19.2 Å². The van der Waals surface area contributed by atoms with E-state index in [4.69, 9.17) is 14.6 Å². The number of nitrogens with zero attached hydrogens (tertiary/aromatic N) is 1. The van der Waals surface area contributed by atoms with Crippen molar-refractivity contribution >= 4 is 17.3 Å². The lowest BCUT2D eigenvalue weighted by Crippen LogP contribution is -2.39. The molecule has 1 aliphatic rings. The number of rotatable bonds is 9. The summed E-state index contributed by atoms with van der Waals surface area (Å²) in [5.74, 6) is -0.650. The summed E-state index contributed by atoms with van der Waals surface area (Å²) in [7, 11) is 1.40. The van der Waals surface area contributed by atoms with Crippen LogP contribution < -0.4 is 15.0 Å². The highest BCUT2D eigenvalue weighted by molar-refractivity contribution is 5.72. The predicted octanol–water partition coefficient (Wildman–Crippen LogP) is 3.56. The second kappa shape index (κ2) is 9.60. The van der Waals surface area contributed by atoms with Gasteiger partial charge in [-0.3, -0.25) is 0 Å². The fraction of sp³-hybridized carbons (Fsp3) is 0.409. The zero-order chi connectivity index (χ0) is 20.8. The Morgan fingerprint density at radius 2 is 2.10 bits per heavy atom. The molecule has 0 radical (unpaired) electrons. The van der Waals surface area contributed by atoms with Gasteiger partial charge >= 0.3 is 5.97 Å². The minimum absolute atomic E-state index is 0.0199. The van der Waals surface area contributed by atoms with Gasteiger partial charge in [0, 0.05) is 38.4 Å². The Balaban J connectivity index is 1.48. The summed E-state index contributed by atoms with van der Waals surface area (Å²) in [6.45, 7) is 4.39. The van der Waals surface area contributed by atoms with Crippen molar-refractivity contribution < 1.29 is 23.8 Å². The minimum Gasteiger partial charge on any atom is -0.487 e. The first-order valence-electron chi connectivity index (χ1n) is 9.76. The first-order valence-corrected chi connectivity index (χ1v) is 9.76. The number of aliphatic carboxylic acids is 1. The van der Waals surface area contributed by atoms with Gasteiger partial charge in [0.05, 0.1) is 12.2 Å². The molecule has 0 bridgehead atoms. The van der Waals surface area contributed by atoms with Crippen LogP contribution in [-0.2, 0) is 16.0 Å². The Morgan fingerprint density at radius 1 is 1.34 bits per heavy atom. The highest BCUT2D eigenvalue weighted by Crippen LogP contribution is 2.33. The van der Waals surface area contributed by atoms with Crippen molar-refractivity contribution in [3.63, 3.8) is 0 Å². The summed E-state index contributed by atoms with van der Waals surface area (Å²) in [5, 5.41) is 12.4. The average molecular weight is 402 g/mol. The topological polar surface area (TPSA) is 71.0 Å². The van der Waals surface area contributed by atoms with Crippen LogP contribution in [0.15, 0.2) is 42.5 Å². The SMILES string of the molecule is CO[C@@H](Cc1ccc(NCCCN2CC(C)Oc3cc(F)ccc32)cc1)C(=O)O. The van der Waals surface area contributed by atoms with Crippen molar-refractivity contribution in [2.75, 3.05) is 37.0 Å². The van der Waals surface area contributed by atoms with Crippen molar-refractivity contribution in [1.29, 1.82) is 0 Å². The fourth-order valence-electron chi connectivity index (χ4n) is 3.46. The van der Waals surface area contributed by atoms with Crippen molar-refractivity contribution in [2.45, 2.75) is 32.0 Å². The van der Waals surface area contributed by atoms with Crippen LogP contribution >= 0.6 is 0 Å². The smallest absolute Gasteiger partial charge is 0.333 e. The lowest BCUT2D eigenvalue weighted by Gasteiger charge is -2.35. The van der Waals surface area contributed by atoms with Crippen molar-refractivity contribution in [3.05, 3.63) is 53.8 Å². The van der Waals surface area contributed by atoms with Crippen LogP contribution in [0.4, 0.5) is 15.8 Å². The number of hydrogen-bond donors (Lipinski definition) is 2. The van der Waals surface area contributed by atoms with Gasteiger partial charge in [-0.15, -0.1) is 0 Å². The summed E-state index contributed by atoms with van der Waals surface area (Å²) < 4.78 is 24.2. The third-order valence-corrected chi connectivity index (χ3v) is 4.94. The standard InChI is InChI=1S/C22H27FN2O4/c1-15-14-25(19-9-6-17(23)13-20(19)29-15)11-3-10-24-18-7-4-16(5-8-18)12-21(28-2)22(26)27/h4-9,13,15,21,24H,3,10-12,14H2,1-2H3,(H,26,27)/t15?,21-/m0/s1. The number of carbonyl (C=O) groups is 1. The lowest BCUT2D eigenvalue weighted by atomic mass is 10.1. The molecule has 156 valence electrons. The number of benzene rings is 2. The highest BCUT2D eigenvalue weighted by Gasteiger charge is 2.23. The number of ether oxygens (including phenoxy) is 2. The van der Waals surface area contributed by atoms with Gasteiger partial charge in [0.1, 0.15) is 17.7 Å². The number of nitrogens with one attached hydrogen (secondary N) is 1. The third kappa shape index (κ3) is 5.60. The van der Waals surface area contributed by atoms with E-state index >= 15 is 0 Å². The van der Waals surface area contributed by atoms with Gasteiger partial charge in [-0.25, -0.2) is 9.18 Å². The Kier molecular flexibility index (Phi) is 6.93. The Morgan fingerprint density at radius 3 is 2.79 bits per heavy atom. The van der Waals surface area contributed by atoms with Crippen molar-refractivity contribution in [1.82, 2.24) is 0 Å². The molecular weight excluding hydrogens is 375 g/mol. The molecule has 0 fully saturated rings. The van der Waals surface area contributed by atoms with Crippen LogP contribution in [0.5, 0.6) is 5.75 Å². The molecule has 1 unspecified atom stereocenters. The van der Waals surface area contributed by atoms with E-state index < -0.39 is 12.1 Å². The first kappa shape index (κ1) is 20.9. The van der Waals surface area contributed by atoms with E-state index in [9.17, 15) is 9.18 Å². The van der Waals surface area contributed by atoms with Crippen molar-refractivity contribution in [2.24, 2.45) is 0 Å². The number of carboxylic acids is 1. The normalized spacial score (nSPS) is 16.7. The number of hydrogen-bond acceptors (Lipinski definition) is 5. The van der Waals surface area contributed by atoms with E-state index in [1.807, 2.05) is 31.2 Å². The molecule has 6 nitrogen and oxygen atoms in total. The zero-order valence-corrected chi connectivity index (χ0v) is 16.7. The molecule has 1 aliphatic heterocycles. The van der Waals surface area contributed by atoms with Gasteiger partial charge in [0.25, 0.3) is 0 Å². The number of fused-ring (bicyclic) bond motifs is 1. The van der Waals surface area contributed by atoms with Gasteiger partial charge < -0.3 is 24.8 Å². The van der Waals surface area contributed by atoms with Crippen LogP contribution in [0.2, 0.25) is 0 Å². The predicted molar refractivity (Wildman–Crippen MR) is 110 cm³/mol. The number of methoxy groups -OCH3 is 1. The molecule has 7 heteroatoms. The summed E-state index contributed by atoms with van der Waals surface area (Å²) in [5.41, 5.74) is 2.83. The molecule has 3 rings (SSSR count). The molecule has 0 saturated heterocycles. The van der Waals surface area contributed by atoms with Gasteiger partial charge in [-0.1, -0.05) is 12.1 Å². The Bertz CT molecular complexity index is 828. The monoisotopic (exact) mass is 402 g/mol. The number of halogens is 1. The molecule has 0 spiro atoms. The third-order valence-electron chi connectivity index (χ3n) is 4.94. The molecule has 29 heavy (non-hydrogen) atoms. The zero-order valence-electron chi connectivity index (χ0n) is 16.7. The molecule has 0 aromatic heterocycles. The van der Waals surface area contributed by atoms with E-state index in [2.05, 4.69) is 10.2 Å². The van der Waals surface area contributed by atoms with Crippen molar-refractivity contribution in [3.8, 4) is 5.75 Å². The van der Waals surface area contributed by atoms with Crippen LogP contribution in [0, 0.1) is 5.82 Å². The first-order chi connectivity index (χ1) is 14.0. The maximum absolute atomic E-state index is 13.5. The van der Waals surface area contributed by atoms with Crippen LogP contribution in [0.3, 0.4) is 0 Å². The summed E-state index contributed by atoms with van der Waals surface area (Å²) >= 11 is 0. The summed E-state index contributed by atoms with van der Waals surface area (Å²) in [6.07, 6.45) is 0.435. The molecule has 0 amide bonds. The largest absolute Gasteiger partial charge is 0.487 e. The van der Waals surface area contributed by atoms with E-state index in [1.54, 1.807) is 6.07 Å². The maximum Gasteiger partial charge on any atom is 0.333 e. The van der Waals surface area contributed by atoms with Gasteiger partial charge in [0.15, 0.2) is 6.10 Å². The van der Waals surface area contributed by atoms with E-state index in [-0.39, 0.29) is 11.9 Å². The van der Waals surface area contributed by atoms with Gasteiger partial charge in [-0.2, -0.15) is 0 Å². The molecular formula is C22H27FN2O4. The molecule has 2 atom stereocenters. The molecule has 2 N–H and O–H groups in total. The van der Waals surface area contributed by atoms with E-state index in [0.717, 1.165) is 43.0 Å². The van der Waals surface area contributed by atoms with Crippen LogP contribution in [-0.4, -0.2) is 50.0 Å². The molecule has 2 aromatic rings. The van der Waals surface area contributed by atoms with E-state index in [0.29, 0.717) is 12.2 Å². The molecule has 1 heterocycles. The molecule has 0 aliphatic carbocycles. The fourth-order valence-corrected chi connectivity index (χ4v) is 3.46. The summed E-state index contributed by atoms with van der Waals surface area (Å²) in [6, 6.07) is 12.4. The highest BCUT2D eigenvalue weighted by atomic mass is 19.1. The Hall–Kier alpha value is -2.80. The van der Waals surface area contributed by atoms with Gasteiger partial charge in [-0.05, 0) is 43.2 Å². The maximum atomic E-state index is 13.5. The molecule has 2 aromatic carbocycles. The number of anilines is 2. The van der Waals surface area contributed by atoms with Gasteiger partial charge in [0.2, 0.25) is 0 Å². The average Bonchev–Trinajstić information content (AvgIpc) is 2.69. The minimum atomic E-state index is -0.962. The Labute approximate surface area is 170 Å². The number of carboxylic acid groups (broad SMARTS) is 1. The summed E-state index contributed by atoms with van der Waals surface area (Å²) in [4.78, 5) is 13.3. The lowest BCUT2D eigenvalue weighted by molar-refractivity contribution is -0.148. The van der Waals surface area contributed by atoms with Crippen LogP contribution in [0.25, 0.3) is 0 Å². The second-order valence-electron chi connectivity index (χ2n) is 7.23.